The first kappa shape index (κ1) is 13.2. The highest BCUT2D eigenvalue weighted by Crippen LogP contribution is 2.22. The van der Waals surface area contributed by atoms with Crippen LogP contribution in [0.15, 0.2) is 35.3 Å². The van der Waals surface area contributed by atoms with Gasteiger partial charge in [0.2, 0.25) is 0 Å². The molecule has 96 valence electrons. The zero-order valence-electron chi connectivity index (χ0n) is 10.1. The predicted octanol–water partition coefficient (Wildman–Crippen LogP) is 3.59. The number of rotatable bonds is 5. The highest BCUT2D eigenvalue weighted by atomic mass is 35.5. The highest BCUT2D eigenvalue weighted by molar-refractivity contribution is 7.16. The smallest absolute Gasteiger partial charge is 0.250 e. The van der Waals surface area contributed by atoms with Gasteiger partial charge in [-0.1, -0.05) is 18.5 Å². The average Bonchev–Trinajstić information content (AvgIpc) is 2.76. The molecule has 5 heteroatoms. The summed E-state index contributed by atoms with van der Waals surface area (Å²) in [5, 5.41) is 3.29. The van der Waals surface area contributed by atoms with Crippen molar-refractivity contribution in [3.05, 3.63) is 50.0 Å². The van der Waals surface area contributed by atoms with Crippen LogP contribution in [0.2, 0.25) is 4.34 Å². The Morgan fingerprint density at radius 2 is 2.17 bits per heavy atom. The number of hydrogen-bond donors (Lipinski definition) is 1. The molecule has 2 aromatic rings. The fourth-order valence-electron chi connectivity index (χ4n) is 1.69. The van der Waals surface area contributed by atoms with Crippen LogP contribution in [0.5, 0.6) is 0 Å². The van der Waals surface area contributed by atoms with E-state index >= 15 is 0 Å². The van der Waals surface area contributed by atoms with E-state index in [-0.39, 0.29) is 5.56 Å². The maximum Gasteiger partial charge on any atom is 0.250 e. The summed E-state index contributed by atoms with van der Waals surface area (Å²) in [6, 6.07) is 7.30. The normalized spacial score (nSPS) is 10.6. The molecule has 0 aliphatic rings. The van der Waals surface area contributed by atoms with Crippen LogP contribution in [0.25, 0.3) is 0 Å². The summed E-state index contributed by atoms with van der Waals surface area (Å²) in [6.45, 7) is 3.53. The van der Waals surface area contributed by atoms with Gasteiger partial charge in [0.05, 0.1) is 10.0 Å². The lowest BCUT2D eigenvalue weighted by Crippen LogP contribution is -2.18. The largest absolute Gasteiger partial charge is 0.379 e. The molecule has 0 aliphatic carbocycles. The van der Waals surface area contributed by atoms with Crippen molar-refractivity contribution < 1.29 is 0 Å². The van der Waals surface area contributed by atoms with Crippen molar-refractivity contribution in [2.45, 2.75) is 26.4 Å². The Kier molecular flexibility index (Phi) is 4.44. The first-order chi connectivity index (χ1) is 8.69. The SMILES string of the molecule is CCCn1cc(NCc2ccc(Cl)s2)ccc1=O. The van der Waals surface area contributed by atoms with Crippen molar-refractivity contribution in [1.29, 1.82) is 0 Å². The van der Waals surface area contributed by atoms with Crippen molar-refractivity contribution in [1.82, 2.24) is 4.57 Å². The lowest BCUT2D eigenvalue weighted by atomic mass is 10.3. The first-order valence-corrected chi connectivity index (χ1v) is 7.07. The van der Waals surface area contributed by atoms with E-state index in [4.69, 9.17) is 11.6 Å². The number of hydrogen-bond acceptors (Lipinski definition) is 3. The molecular weight excluding hydrogens is 268 g/mol. The molecule has 0 fully saturated rings. The summed E-state index contributed by atoms with van der Waals surface area (Å²) < 4.78 is 2.52. The molecule has 2 rings (SSSR count). The van der Waals surface area contributed by atoms with Crippen molar-refractivity contribution in [3.63, 3.8) is 0 Å². The van der Waals surface area contributed by atoms with Gasteiger partial charge in [-0.3, -0.25) is 4.79 Å². The third-order valence-electron chi connectivity index (χ3n) is 2.54. The molecule has 1 N–H and O–H groups in total. The van der Waals surface area contributed by atoms with Gasteiger partial charge in [0.25, 0.3) is 5.56 Å². The number of thiophene rings is 1. The monoisotopic (exact) mass is 282 g/mol. The summed E-state index contributed by atoms with van der Waals surface area (Å²) in [4.78, 5) is 12.7. The molecule has 0 saturated carbocycles. The average molecular weight is 283 g/mol. The van der Waals surface area contributed by atoms with E-state index in [1.54, 1.807) is 22.0 Å². The number of aryl methyl sites for hydroxylation is 1. The molecule has 3 nitrogen and oxygen atoms in total. The topological polar surface area (TPSA) is 34.0 Å². The van der Waals surface area contributed by atoms with Gasteiger partial charge in [-0.15, -0.1) is 11.3 Å². The quantitative estimate of drug-likeness (QED) is 0.909. The zero-order valence-corrected chi connectivity index (χ0v) is 11.7. The van der Waals surface area contributed by atoms with Gasteiger partial charge in [0, 0.05) is 30.2 Å². The molecule has 0 bridgehead atoms. The summed E-state index contributed by atoms with van der Waals surface area (Å²) in [7, 11) is 0. The molecule has 0 saturated heterocycles. The van der Waals surface area contributed by atoms with Gasteiger partial charge in [-0.05, 0) is 24.6 Å². The number of anilines is 1. The van der Waals surface area contributed by atoms with Crippen LogP contribution in [0.1, 0.15) is 18.2 Å². The Morgan fingerprint density at radius 3 is 2.83 bits per heavy atom. The minimum Gasteiger partial charge on any atom is -0.379 e. The van der Waals surface area contributed by atoms with Crippen molar-refractivity contribution in [2.75, 3.05) is 5.32 Å². The number of halogens is 1. The van der Waals surface area contributed by atoms with E-state index in [1.807, 2.05) is 24.4 Å². The summed E-state index contributed by atoms with van der Waals surface area (Å²) in [6.07, 6.45) is 2.81. The van der Waals surface area contributed by atoms with E-state index < -0.39 is 0 Å². The number of nitrogens with zero attached hydrogens (tertiary/aromatic N) is 1. The Labute approximate surface area is 115 Å². The highest BCUT2D eigenvalue weighted by Gasteiger charge is 2.00. The lowest BCUT2D eigenvalue weighted by Gasteiger charge is -2.08. The van der Waals surface area contributed by atoms with Gasteiger partial charge in [-0.25, -0.2) is 0 Å². The summed E-state index contributed by atoms with van der Waals surface area (Å²) in [5.41, 5.74) is 0.995. The molecule has 0 radical (unpaired) electrons. The zero-order chi connectivity index (χ0) is 13.0. The van der Waals surface area contributed by atoms with Crippen molar-refractivity contribution >= 4 is 28.6 Å². The molecule has 18 heavy (non-hydrogen) atoms. The minimum atomic E-state index is 0.0431. The second-order valence-electron chi connectivity index (χ2n) is 4.01. The van der Waals surface area contributed by atoms with Crippen LogP contribution >= 0.6 is 22.9 Å². The molecule has 2 aromatic heterocycles. The fraction of sp³-hybridized carbons (Fsp3) is 0.308. The number of pyridine rings is 1. The lowest BCUT2D eigenvalue weighted by molar-refractivity contribution is 0.655. The van der Waals surface area contributed by atoms with E-state index in [9.17, 15) is 4.79 Å². The van der Waals surface area contributed by atoms with Crippen LogP contribution in [0, 0.1) is 0 Å². The fourth-order valence-corrected chi connectivity index (χ4v) is 2.71. The van der Waals surface area contributed by atoms with Gasteiger partial charge in [0.15, 0.2) is 0 Å². The Balaban J connectivity index is 2.05. The van der Waals surface area contributed by atoms with Crippen molar-refractivity contribution in [2.24, 2.45) is 0 Å². The molecular formula is C13H15ClN2OS. The van der Waals surface area contributed by atoms with Gasteiger partial charge in [0.1, 0.15) is 0 Å². The maximum atomic E-state index is 11.6. The maximum absolute atomic E-state index is 11.6. The second kappa shape index (κ2) is 6.07. The minimum absolute atomic E-state index is 0.0431. The van der Waals surface area contributed by atoms with E-state index in [2.05, 4.69) is 12.2 Å². The predicted molar refractivity (Wildman–Crippen MR) is 77.6 cm³/mol. The Morgan fingerprint density at radius 1 is 1.33 bits per heavy atom. The first-order valence-electron chi connectivity index (χ1n) is 5.87. The van der Waals surface area contributed by atoms with E-state index in [0.717, 1.165) is 29.5 Å². The third kappa shape index (κ3) is 3.37. The van der Waals surface area contributed by atoms with E-state index in [0.29, 0.717) is 0 Å². The summed E-state index contributed by atoms with van der Waals surface area (Å²) in [5.74, 6) is 0. The van der Waals surface area contributed by atoms with E-state index in [1.165, 1.54) is 4.88 Å². The number of aromatic nitrogens is 1. The van der Waals surface area contributed by atoms with Gasteiger partial charge < -0.3 is 9.88 Å². The molecule has 0 spiro atoms. The Bertz CT molecular complexity index is 576. The second-order valence-corrected chi connectivity index (χ2v) is 5.81. The van der Waals surface area contributed by atoms with Crippen LogP contribution in [0.3, 0.4) is 0 Å². The Hall–Kier alpha value is -1.26. The molecule has 0 atom stereocenters. The third-order valence-corrected chi connectivity index (χ3v) is 3.77. The number of nitrogens with one attached hydrogen (secondary N) is 1. The molecule has 2 heterocycles. The molecule has 0 aromatic carbocycles. The van der Waals surface area contributed by atoms with Crippen LogP contribution in [0.4, 0.5) is 5.69 Å². The molecule has 0 amide bonds. The van der Waals surface area contributed by atoms with Crippen molar-refractivity contribution in [3.8, 4) is 0 Å². The van der Waals surface area contributed by atoms with Gasteiger partial charge in [-0.2, -0.15) is 0 Å². The van der Waals surface area contributed by atoms with Crippen LogP contribution in [-0.2, 0) is 13.1 Å². The summed E-state index contributed by atoms with van der Waals surface area (Å²) >= 11 is 7.43. The van der Waals surface area contributed by atoms with Crippen LogP contribution in [-0.4, -0.2) is 4.57 Å². The molecule has 0 unspecified atom stereocenters. The van der Waals surface area contributed by atoms with Crippen LogP contribution < -0.4 is 10.9 Å². The standard InChI is InChI=1S/C13H15ClN2OS/c1-2-7-16-9-10(3-6-13(16)17)15-8-11-4-5-12(14)18-11/h3-6,9,15H,2,7-8H2,1H3. The molecule has 0 aliphatic heterocycles. The van der Waals surface area contributed by atoms with Gasteiger partial charge >= 0.3 is 0 Å².